The number of carbonyl (C=O) groups excluding carboxylic acids is 1. The first-order valence-electron chi connectivity index (χ1n) is 5.18. The lowest BCUT2D eigenvalue weighted by Gasteiger charge is -2.14. The lowest BCUT2D eigenvalue weighted by atomic mass is 10.3. The number of nitrogens with zero attached hydrogens (tertiary/aromatic N) is 2. The van der Waals surface area contributed by atoms with E-state index in [0.29, 0.717) is 0 Å². The Kier molecular flexibility index (Phi) is 3.14. The molecule has 0 aromatic heterocycles. The van der Waals surface area contributed by atoms with Crippen LogP contribution in [0, 0.1) is 10.1 Å². The van der Waals surface area contributed by atoms with E-state index in [9.17, 15) is 23.3 Å². The summed E-state index contributed by atoms with van der Waals surface area (Å²) < 4.78 is 25.3. The molecule has 1 saturated heterocycles. The number of para-hydroxylation sites is 1. The maximum absolute atomic E-state index is 12.2. The third kappa shape index (κ3) is 2.12. The number of hydrogen-bond acceptors (Lipinski definition) is 5. The Morgan fingerprint density at radius 2 is 1.94 bits per heavy atom. The van der Waals surface area contributed by atoms with Gasteiger partial charge in [-0.3, -0.25) is 14.9 Å². The molecule has 2 rings (SSSR count). The number of carbonyl (C=O) groups is 1. The number of nitro benzene ring substituents is 1. The van der Waals surface area contributed by atoms with Gasteiger partial charge in [0.25, 0.3) is 5.69 Å². The van der Waals surface area contributed by atoms with Gasteiger partial charge in [-0.2, -0.15) is 4.31 Å². The molecule has 1 aromatic carbocycles. The highest BCUT2D eigenvalue weighted by Gasteiger charge is 2.35. The van der Waals surface area contributed by atoms with Crippen molar-refractivity contribution in [2.45, 2.75) is 11.3 Å². The fourth-order valence-electron chi connectivity index (χ4n) is 1.77. The summed E-state index contributed by atoms with van der Waals surface area (Å²) in [6.07, 6.45) is 0.153. The average Bonchev–Trinajstić information content (AvgIpc) is 2.76. The Hall–Kier alpha value is -1.80. The van der Waals surface area contributed by atoms with Gasteiger partial charge in [0.15, 0.2) is 4.90 Å². The molecule has 0 amide bonds. The van der Waals surface area contributed by atoms with Crippen LogP contribution in [0.2, 0.25) is 0 Å². The van der Waals surface area contributed by atoms with Gasteiger partial charge in [0, 0.05) is 19.0 Å². The Morgan fingerprint density at radius 1 is 1.28 bits per heavy atom. The maximum atomic E-state index is 12.2. The quantitative estimate of drug-likeness (QED) is 0.590. The second kappa shape index (κ2) is 4.46. The molecule has 1 heterocycles. The van der Waals surface area contributed by atoms with Crippen molar-refractivity contribution in [3.05, 3.63) is 34.4 Å². The van der Waals surface area contributed by atoms with Crippen LogP contribution in [0.4, 0.5) is 5.69 Å². The van der Waals surface area contributed by atoms with Crippen molar-refractivity contribution in [1.82, 2.24) is 4.31 Å². The van der Waals surface area contributed by atoms with E-state index in [1.165, 1.54) is 18.2 Å². The van der Waals surface area contributed by atoms with Crippen molar-refractivity contribution in [3.8, 4) is 0 Å². The Morgan fingerprint density at radius 3 is 2.50 bits per heavy atom. The average molecular weight is 270 g/mol. The lowest BCUT2D eigenvalue weighted by Crippen LogP contribution is -2.29. The minimum atomic E-state index is -3.98. The van der Waals surface area contributed by atoms with E-state index in [0.717, 1.165) is 10.4 Å². The third-order valence-electron chi connectivity index (χ3n) is 2.67. The number of sulfonamides is 1. The van der Waals surface area contributed by atoms with Gasteiger partial charge in [-0.25, -0.2) is 8.42 Å². The first kappa shape index (κ1) is 12.7. The Bertz CT molecular complexity index is 610. The van der Waals surface area contributed by atoms with Crippen molar-refractivity contribution in [2.24, 2.45) is 0 Å². The van der Waals surface area contributed by atoms with Gasteiger partial charge in [-0.05, 0) is 6.07 Å². The van der Waals surface area contributed by atoms with E-state index in [2.05, 4.69) is 0 Å². The van der Waals surface area contributed by atoms with E-state index >= 15 is 0 Å². The van der Waals surface area contributed by atoms with Crippen LogP contribution >= 0.6 is 0 Å². The molecule has 1 aliphatic heterocycles. The zero-order valence-electron chi connectivity index (χ0n) is 9.27. The van der Waals surface area contributed by atoms with Crippen LogP contribution < -0.4 is 0 Å². The topological polar surface area (TPSA) is 97.6 Å². The minimum absolute atomic E-state index is 0.0766. The van der Waals surface area contributed by atoms with Gasteiger partial charge in [0.2, 0.25) is 10.0 Å². The molecule has 0 radical (unpaired) electrons. The Labute approximate surface area is 103 Å². The van der Waals surface area contributed by atoms with Gasteiger partial charge in [-0.15, -0.1) is 0 Å². The highest BCUT2D eigenvalue weighted by atomic mass is 32.2. The summed E-state index contributed by atoms with van der Waals surface area (Å²) in [5, 5.41) is 10.8. The molecular formula is C10H10N2O5S. The van der Waals surface area contributed by atoms with Gasteiger partial charge in [0.1, 0.15) is 5.78 Å². The van der Waals surface area contributed by atoms with Gasteiger partial charge in [0.05, 0.1) is 11.5 Å². The van der Waals surface area contributed by atoms with Crippen LogP contribution in [0.5, 0.6) is 0 Å². The molecule has 1 fully saturated rings. The van der Waals surface area contributed by atoms with Crippen molar-refractivity contribution in [2.75, 3.05) is 13.1 Å². The highest BCUT2D eigenvalue weighted by molar-refractivity contribution is 7.89. The summed E-state index contributed by atoms with van der Waals surface area (Å²) in [5.41, 5.74) is -0.475. The molecule has 0 unspecified atom stereocenters. The smallest absolute Gasteiger partial charge is 0.289 e. The number of hydrogen-bond donors (Lipinski definition) is 0. The second-order valence-corrected chi connectivity index (χ2v) is 5.76. The van der Waals surface area contributed by atoms with E-state index in [1.54, 1.807) is 0 Å². The van der Waals surface area contributed by atoms with E-state index in [1.807, 2.05) is 0 Å². The first-order chi connectivity index (χ1) is 8.43. The predicted molar refractivity (Wildman–Crippen MR) is 61.5 cm³/mol. The minimum Gasteiger partial charge on any atom is -0.298 e. The van der Waals surface area contributed by atoms with E-state index in [4.69, 9.17) is 0 Å². The molecule has 96 valence electrons. The van der Waals surface area contributed by atoms with Gasteiger partial charge < -0.3 is 0 Å². The largest absolute Gasteiger partial charge is 0.298 e. The molecule has 0 aliphatic carbocycles. The maximum Gasteiger partial charge on any atom is 0.289 e. The number of benzene rings is 1. The number of ketones is 1. The summed E-state index contributed by atoms with van der Waals surface area (Å²) in [4.78, 5) is 20.8. The molecule has 1 aromatic rings. The standard InChI is InChI=1S/C10H10N2O5S/c13-8-5-6-11(7-8)18(16,17)10-4-2-1-3-9(10)12(14)15/h1-4H,5-7H2. The SMILES string of the molecule is O=C1CCN(S(=O)(=O)c2ccccc2[N+](=O)[O-])C1. The molecule has 0 bridgehead atoms. The van der Waals surface area contributed by atoms with Crippen LogP contribution in [0.1, 0.15) is 6.42 Å². The van der Waals surface area contributed by atoms with Crippen LogP contribution in [-0.4, -0.2) is 36.5 Å². The van der Waals surface area contributed by atoms with Crippen molar-refractivity contribution in [3.63, 3.8) is 0 Å². The molecule has 0 atom stereocenters. The van der Waals surface area contributed by atoms with E-state index < -0.39 is 20.6 Å². The summed E-state index contributed by atoms with van der Waals surface area (Å²) in [6, 6.07) is 5.12. The van der Waals surface area contributed by atoms with Crippen LogP contribution in [0.25, 0.3) is 0 Å². The molecule has 7 nitrogen and oxygen atoms in total. The third-order valence-corrected chi connectivity index (χ3v) is 4.57. The Balaban J connectivity index is 2.48. The summed E-state index contributed by atoms with van der Waals surface area (Å²) in [5.74, 6) is -0.183. The lowest BCUT2D eigenvalue weighted by molar-refractivity contribution is -0.387. The molecule has 0 N–H and O–H groups in total. The highest BCUT2D eigenvalue weighted by Crippen LogP contribution is 2.27. The molecule has 0 saturated carbocycles. The number of nitro groups is 1. The number of rotatable bonds is 3. The summed E-state index contributed by atoms with van der Waals surface area (Å²) in [7, 11) is -3.98. The summed E-state index contributed by atoms with van der Waals surface area (Å²) >= 11 is 0. The molecular weight excluding hydrogens is 260 g/mol. The number of Topliss-reactive ketones (excluding diaryl/α,β-unsaturated/α-hetero) is 1. The van der Waals surface area contributed by atoms with Crippen LogP contribution in [0.15, 0.2) is 29.2 Å². The zero-order valence-corrected chi connectivity index (χ0v) is 10.1. The summed E-state index contributed by atoms with van der Waals surface area (Å²) in [6.45, 7) is -0.137. The molecule has 8 heteroatoms. The normalized spacial score (nSPS) is 17.0. The van der Waals surface area contributed by atoms with Gasteiger partial charge in [-0.1, -0.05) is 12.1 Å². The van der Waals surface area contributed by atoms with Crippen molar-refractivity contribution in [1.29, 1.82) is 0 Å². The van der Waals surface area contributed by atoms with E-state index in [-0.39, 0.29) is 30.2 Å². The molecule has 1 aliphatic rings. The fourth-order valence-corrected chi connectivity index (χ4v) is 3.36. The van der Waals surface area contributed by atoms with Crippen molar-refractivity contribution >= 4 is 21.5 Å². The first-order valence-corrected chi connectivity index (χ1v) is 6.62. The monoisotopic (exact) mass is 270 g/mol. The molecule has 18 heavy (non-hydrogen) atoms. The molecule has 0 spiro atoms. The van der Waals surface area contributed by atoms with Crippen molar-refractivity contribution < 1.29 is 18.1 Å². The van der Waals surface area contributed by atoms with Crippen LogP contribution in [-0.2, 0) is 14.8 Å². The zero-order chi connectivity index (χ0) is 13.3. The van der Waals surface area contributed by atoms with Gasteiger partial charge >= 0.3 is 0 Å². The second-order valence-electron chi connectivity index (χ2n) is 3.85. The fraction of sp³-hybridized carbons (Fsp3) is 0.300. The van der Waals surface area contributed by atoms with Crippen LogP contribution in [0.3, 0.4) is 0 Å². The predicted octanol–water partition coefficient (Wildman–Crippen LogP) is 0.558.